The Balaban J connectivity index is 1.90. The van der Waals surface area contributed by atoms with Crippen molar-refractivity contribution in [3.05, 3.63) is 53.1 Å². The summed E-state index contributed by atoms with van der Waals surface area (Å²) in [5.74, 6) is -1.02. The molecule has 0 aliphatic carbocycles. The molecule has 1 aromatic carbocycles. The number of hydrogen-bond acceptors (Lipinski definition) is 7. The number of aliphatic hydroxyl groups is 2. The monoisotopic (exact) mass is 475 g/mol. The van der Waals surface area contributed by atoms with Crippen molar-refractivity contribution in [2.75, 3.05) is 19.7 Å². The van der Waals surface area contributed by atoms with Gasteiger partial charge in [0.2, 0.25) is 10.0 Å². The number of pyridine rings is 1. The Morgan fingerprint density at radius 2 is 2.03 bits per heavy atom. The first-order valence-corrected chi connectivity index (χ1v) is 10.5. The second-order valence-corrected chi connectivity index (χ2v) is 9.10. The first-order valence-electron chi connectivity index (χ1n) is 9.06. The highest BCUT2D eigenvalue weighted by Crippen LogP contribution is 2.33. The highest BCUT2D eigenvalue weighted by molar-refractivity contribution is 7.89. The van der Waals surface area contributed by atoms with Gasteiger partial charge in [-0.1, -0.05) is 0 Å². The lowest BCUT2D eigenvalue weighted by Crippen LogP contribution is -2.48. The van der Waals surface area contributed by atoms with E-state index in [-0.39, 0.29) is 11.3 Å². The fourth-order valence-electron chi connectivity index (χ4n) is 3.25. The molecule has 1 fully saturated rings. The zero-order valence-corrected chi connectivity index (χ0v) is 17.3. The minimum atomic E-state index is -4.76. The van der Waals surface area contributed by atoms with E-state index in [1.54, 1.807) is 6.07 Å². The van der Waals surface area contributed by atoms with Crippen LogP contribution in [0.25, 0.3) is 0 Å². The van der Waals surface area contributed by atoms with Crippen LogP contribution < -0.4 is 4.74 Å². The van der Waals surface area contributed by atoms with Gasteiger partial charge >= 0.3 is 6.18 Å². The van der Waals surface area contributed by atoms with Crippen LogP contribution in [-0.4, -0.2) is 59.3 Å². The van der Waals surface area contributed by atoms with Gasteiger partial charge in [0.05, 0.1) is 24.4 Å². The van der Waals surface area contributed by atoms with Crippen LogP contribution in [0, 0.1) is 24.1 Å². The molecule has 1 aliphatic heterocycles. The predicted molar refractivity (Wildman–Crippen MR) is 100 cm³/mol. The number of halogens is 4. The van der Waals surface area contributed by atoms with Crippen LogP contribution in [0.4, 0.5) is 17.6 Å². The second-order valence-electron chi connectivity index (χ2n) is 7.20. The summed E-state index contributed by atoms with van der Waals surface area (Å²) in [4.78, 5) is 2.81. The van der Waals surface area contributed by atoms with Gasteiger partial charge in [-0.2, -0.15) is 22.7 Å². The van der Waals surface area contributed by atoms with Gasteiger partial charge in [0.1, 0.15) is 39.9 Å². The second kappa shape index (κ2) is 8.28. The zero-order valence-electron chi connectivity index (χ0n) is 16.5. The Bertz CT molecular complexity index is 1180. The average Bonchev–Trinajstić information content (AvgIpc) is 3.05. The van der Waals surface area contributed by atoms with E-state index in [2.05, 4.69) is 4.98 Å². The summed E-state index contributed by atoms with van der Waals surface area (Å²) in [6.07, 6.45) is -6.09. The van der Waals surface area contributed by atoms with Gasteiger partial charge in [0, 0.05) is 12.6 Å². The topological polar surface area (TPSA) is 124 Å². The maximum atomic E-state index is 13.8. The van der Waals surface area contributed by atoms with Crippen molar-refractivity contribution in [1.82, 2.24) is 9.29 Å². The van der Waals surface area contributed by atoms with Crippen molar-refractivity contribution in [2.24, 2.45) is 0 Å². The molecule has 2 N–H and O–H groups in total. The number of β-amino-alcohol motifs (C(OH)–C–C–N with tert-alkyl or cyclic N) is 1. The summed E-state index contributed by atoms with van der Waals surface area (Å²) in [6, 6.07) is 6.16. The van der Waals surface area contributed by atoms with E-state index in [9.17, 15) is 36.2 Å². The first kappa shape index (κ1) is 23.9. The van der Waals surface area contributed by atoms with Crippen molar-refractivity contribution in [2.45, 2.75) is 29.7 Å². The normalized spacial score (nSPS) is 22.0. The fourth-order valence-corrected chi connectivity index (χ4v) is 4.91. The van der Waals surface area contributed by atoms with E-state index in [1.165, 1.54) is 6.07 Å². The van der Waals surface area contributed by atoms with E-state index in [4.69, 9.17) is 10.00 Å². The molecule has 0 amide bonds. The maximum Gasteiger partial charge on any atom is 0.433 e. The lowest BCUT2D eigenvalue weighted by molar-refractivity contribution is -0.141. The van der Waals surface area contributed by atoms with Crippen molar-refractivity contribution in [3.8, 4) is 11.8 Å². The van der Waals surface area contributed by atoms with E-state index in [0.717, 1.165) is 29.4 Å². The molecule has 8 nitrogen and oxygen atoms in total. The number of aryl methyl sites for hydroxylation is 1. The summed E-state index contributed by atoms with van der Waals surface area (Å²) in [5.41, 5.74) is -3.99. The third-order valence-electron chi connectivity index (χ3n) is 4.98. The predicted octanol–water partition coefficient (Wildman–Crippen LogP) is 1.59. The van der Waals surface area contributed by atoms with E-state index < -0.39 is 69.7 Å². The Kier molecular flexibility index (Phi) is 6.18. The van der Waals surface area contributed by atoms with Gasteiger partial charge in [-0.25, -0.2) is 17.8 Å². The molecule has 2 atom stereocenters. The molecule has 0 saturated carbocycles. The zero-order chi connectivity index (χ0) is 23.9. The SMILES string of the molecule is Cc1nc(C(F)(F)F)ccc1S(=O)(=O)N1C[C@H](Oc2ccc(C#N)c(F)c2)[C@](O)(CO)C1. The van der Waals surface area contributed by atoms with Crippen LogP contribution in [0.2, 0.25) is 0 Å². The number of nitrogens with zero attached hydrogens (tertiary/aromatic N) is 3. The summed E-state index contributed by atoms with van der Waals surface area (Å²) in [7, 11) is -4.42. The van der Waals surface area contributed by atoms with E-state index >= 15 is 0 Å². The molecule has 0 radical (unpaired) electrons. The molecule has 172 valence electrons. The quantitative estimate of drug-likeness (QED) is 0.630. The largest absolute Gasteiger partial charge is 0.486 e. The van der Waals surface area contributed by atoms with Gasteiger partial charge in [-0.05, 0) is 31.2 Å². The minimum absolute atomic E-state index is 0.120. The molecule has 1 saturated heterocycles. The smallest absolute Gasteiger partial charge is 0.433 e. The Morgan fingerprint density at radius 1 is 1.34 bits per heavy atom. The number of alkyl halides is 3. The number of nitriles is 1. The summed E-state index contributed by atoms with van der Waals surface area (Å²) in [6.45, 7) is -0.923. The Morgan fingerprint density at radius 3 is 2.56 bits per heavy atom. The van der Waals surface area contributed by atoms with E-state index in [0.29, 0.717) is 6.07 Å². The molecular formula is C19H17F4N3O5S. The summed E-state index contributed by atoms with van der Waals surface area (Å²) < 4.78 is 84.6. The van der Waals surface area contributed by atoms with Crippen LogP contribution in [-0.2, 0) is 16.2 Å². The third-order valence-corrected chi connectivity index (χ3v) is 6.92. The minimum Gasteiger partial charge on any atom is -0.486 e. The number of ether oxygens (including phenoxy) is 1. The summed E-state index contributed by atoms with van der Waals surface area (Å²) >= 11 is 0. The molecule has 2 aromatic rings. The first-order chi connectivity index (χ1) is 14.8. The molecule has 1 aliphatic rings. The molecule has 0 bridgehead atoms. The lowest BCUT2D eigenvalue weighted by atomic mass is 10.0. The van der Waals surface area contributed by atoms with Crippen LogP contribution >= 0.6 is 0 Å². The van der Waals surface area contributed by atoms with Gasteiger partial charge in [-0.3, -0.25) is 0 Å². The highest BCUT2D eigenvalue weighted by atomic mass is 32.2. The van der Waals surface area contributed by atoms with Crippen LogP contribution in [0.15, 0.2) is 35.2 Å². The van der Waals surface area contributed by atoms with E-state index in [1.807, 2.05) is 0 Å². The number of benzene rings is 1. The number of hydrogen-bond donors (Lipinski definition) is 2. The Labute approximate surface area is 180 Å². The molecule has 2 heterocycles. The van der Waals surface area contributed by atoms with Gasteiger partial charge < -0.3 is 14.9 Å². The molecule has 32 heavy (non-hydrogen) atoms. The molecule has 1 aromatic heterocycles. The highest BCUT2D eigenvalue weighted by Gasteiger charge is 2.51. The standard InChI is InChI=1S/C19H17F4N3O5S/c1-11-15(4-5-16(25-11)19(21,22)23)32(29,30)26-8-17(18(28,9-26)10-27)31-13-3-2-12(7-24)14(20)6-13/h2-6,17,27-28H,8-10H2,1H3/t17-,18+/m0/s1. The van der Waals surface area contributed by atoms with Crippen LogP contribution in [0.1, 0.15) is 17.0 Å². The average molecular weight is 475 g/mol. The Hall–Kier alpha value is -2.79. The summed E-state index contributed by atoms with van der Waals surface area (Å²) in [5, 5.41) is 29.1. The van der Waals surface area contributed by atoms with Crippen molar-refractivity contribution in [3.63, 3.8) is 0 Å². The van der Waals surface area contributed by atoms with Gasteiger partial charge in [-0.15, -0.1) is 0 Å². The van der Waals surface area contributed by atoms with Crippen molar-refractivity contribution in [1.29, 1.82) is 5.26 Å². The number of rotatable bonds is 5. The van der Waals surface area contributed by atoms with Crippen LogP contribution in [0.3, 0.4) is 0 Å². The number of aliphatic hydroxyl groups excluding tert-OH is 1. The third kappa shape index (κ3) is 4.40. The van der Waals surface area contributed by atoms with Gasteiger partial charge in [0.15, 0.2) is 0 Å². The lowest BCUT2D eigenvalue weighted by Gasteiger charge is -2.27. The fraction of sp³-hybridized carbons (Fsp3) is 0.368. The molecule has 0 spiro atoms. The van der Waals surface area contributed by atoms with Gasteiger partial charge in [0.25, 0.3) is 0 Å². The molecule has 3 rings (SSSR count). The van der Waals surface area contributed by atoms with Crippen LogP contribution in [0.5, 0.6) is 5.75 Å². The number of sulfonamides is 1. The molecule has 0 unspecified atom stereocenters. The van der Waals surface area contributed by atoms with Crippen molar-refractivity contribution >= 4 is 10.0 Å². The number of aromatic nitrogens is 1. The molecular weight excluding hydrogens is 458 g/mol. The van der Waals surface area contributed by atoms with Crippen molar-refractivity contribution < 1.29 is 40.9 Å². The molecule has 13 heteroatoms. The maximum absolute atomic E-state index is 13.8.